The lowest BCUT2D eigenvalue weighted by molar-refractivity contribution is -0.144. The smallest absolute Gasteiger partial charge is 0.321 e. The first kappa shape index (κ1) is 13.6. The van der Waals surface area contributed by atoms with Gasteiger partial charge in [0.25, 0.3) is 0 Å². The number of anilines is 1. The molecule has 3 rings (SSSR count). The second-order valence-electron chi connectivity index (χ2n) is 5.28. The Bertz CT molecular complexity index is 672. The first-order chi connectivity index (χ1) is 10.1. The number of pyridine rings is 1. The summed E-state index contributed by atoms with van der Waals surface area (Å²) in [4.78, 5) is 17.6. The van der Waals surface area contributed by atoms with Gasteiger partial charge in [0.05, 0.1) is 0 Å². The molecule has 1 atom stereocenters. The highest BCUT2D eigenvalue weighted by Crippen LogP contribution is 2.25. The molecule has 0 radical (unpaired) electrons. The Morgan fingerprint density at radius 3 is 2.76 bits per heavy atom. The zero-order valence-electron chi connectivity index (χ0n) is 11.6. The van der Waals surface area contributed by atoms with E-state index in [-0.39, 0.29) is 0 Å². The highest BCUT2D eigenvalue weighted by Gasteiger charge is 2.31. The number of aliphatic carboxylic acids is 1. The molecule has 2 aromatic rings. The van der Waals surface area contributed by atoms with E-state index in [4.69, 9.17) is 5.73 Å². The first-order valence-electron chi connectivity index (χ1n) is 6.88. The number of nitrogen functional groups attached to an aromatic ring is 1. The van der Waals surface area contributed by atoms with Crippen LogP contribution in [-0.4, -0.2) is 27.0 Å². The summed E-state index contributed by atoms with van der Waals surface area (Å²) in [6.07, 6.45) is 2.16. The number of fused-ring (bicyclic) bond motifs is 1. The monoisotopic (exact) mass is 283 g/mol. The molecule has 0 fully saturated rings. The third-order valence-electron chi connectivity index (χ3n) is 3.93. The molecule has 1 aromatic heterocycles. The van der Waals surface area contributed by atoms with Crippen molar-refractivity contribution in [3.05, 3.63) is 59.3 Å². The van der Waals surface area contributed by atoms with Crippen LogP contribution in [0.3, 0.4) is 0 Å². The Hall–Kier alpha value is -2.40. The van der Waals surface area contributed by atoms with Crippen molar-refractivity contribution in [2.45, 2.75) is 25.6 Å². The van der Waals surface area contributed by atoms with Gasteiger partial charge in [-0.3, -0.25) is 9.69 Å². The molecule has 1 aromatic carbocycles. The van der Waals surface area contributed by atoms with Crippen LogP contribution in [0.15, 0.2) is 42.6 Å². The van der Waals surface area contributed by atoms with Gasteiger partial charge in [-0.15, -0.1) is 0 Å². The molecule has 0 saturated heterocycles. The standard InChI is InChI=1S/C16H17N3O2/c17-15-13(6-3-7-18-15)10-19-9-12-5-2-1-4-11(12)8-14(19)16(20)21/h1-7,14H,8-10H2,(H2,17,18)(H,20,21)/t14-/m1/s1. The largest absolute Gasteiger partial charge is 0.480 e. The Morgan fingerprint density at radius 1 is 1.29 bits per heavy atom. The molecular weight excluding hydrogens is 266 g/mol. The predicted molar refractivity (Wildman–Crippen MR) is 79.5 cm³/mol. The zero-order valence-corrected chi connectivity index (χ0v) is 11.6. The highest BCUT2D eigenvalue weighted by atomic mass is 16.4. The van der Waals surface area contributed by atoms with Crippen LogP contribution in [0.2, 0.25) is 0 Å². The summed E-state index contributed by atoms with van der Waals surface area (Å²) in [5.41, 5.74) is 9.02. The Labute approximate surface area is 123 Å². The van der Waals surface area contributed by atoms with Crippen molar-refractivity contribution in [1.82, 2.24) is 9.88 Å². The number of benzene rings is 1. The summed E-state index contributed by atoms with van der Waals surface area (Å²) < 4.78 is 0. The molecule has 1 aliphatic heterocycles. The molecule has 0 spiro atoms. The van der Waals surface area contributed by atoms with Crippen molar-refractivity contribution in [2.24, 2.45) is 0 Å². The van der Waals surface area contributed by atoms with Crippen molar-refractivity contribution >= 4 is 11.8 Å². The molecule has 5 heteroatoms. The fourth-order valence-corrected chi connectivity index (χ4v) is 2.79. The number of carboxylic acids is 1. The van der Waals surface area contributed by atoms with Crippen LogP contribution in [0.25, 0.3) is 0 Å². The maximum Gasteiger partial charge on any atom is 0.321 e. The number of aromatic nitrogens is 1. The fraction of sp³-hybridized carbons (Fsp3) is 0.250. The molecule has 3 N–H and O–H groups in total. The van der Waals surface area contributed by atoms with Crippen LogP contribution in [0.5, 0.6) is 0 Å². The first-order valence-corrected chi connectivity index (χ1v) is 6.88. The number of carbonyl (C=O) groups is 1. The molecule has 21 heavy (non-hydrogen) atoms. The van der Waals surface area contributed by atoms with E-state index in [1.807, 2.05) is 41.3 Å². The number of nitrogens with two attached hydrogens (primary N) is 1. The quantitative estimate of drug-likeness (QED) is 0.896. The molecule has 2 heterocycles. The average Bonchev–Trinajstić information content (AvgIpc) is 2.48. The molecular formula is C16H17N3O2. The lowest BCUT2D eigenvalue weighted by atomic mass is 9.93. The molecule has 0 saturated carbocycles. The predicted octanol–water partition coefficient (Wildman–Crippen LogP) is 1.68. The van der Waals surface area contributed by atoms with E-state index in [1.54, 1.807) is 6.20 Å². The SMILES string of the molecule is Nc1ncccc1CN1Cc2ccccc2C[C@@H]1C(=O)O. The van der Waals surface area contributed by atoms with Crippen LogP contribution < -0.4 is 5.73 Å². The van der Waals surface area contributed by atoms with E-state index in [2.05, 4.69) is 4.98 Å². The minimum Gasteiger partial charge on any atom is -0.480 e. The normalized spacial score (nSPS) is 18.2. The van der Waals surface area contributed by atoms with E-state index < -0.39 is 12.0 Å². The van der Waals surface area contributed by atoms with Crippen molar-refractivity contribution in [3.63, 3.8) is 0 Å². The van der Waals surface area contributed by atoms with Crippen LogP contribution in [-0.2, 0) is 24.3 Å². The Balaban J connectivity index is 1.89. The van der Waals surface area contributed by atoms with Gasteiger partial charge in [0.1, 0.15) is 11.9 Å². The van der Waals surface area contributed by atoms with Gasteiger partial charge in [-0.1, -0.05) is 30.3 Å². The highest BCUT2D eigenvalue weighted by molar-refractivity contribution is 5.74. The molecule has 0 aliphatic carbocycles. The summed E-state index contributed by atoms with van der Waals surface area (Å²) in [5, 5.41) is 9.49. The molecule has 5 nitrogen and oxygen atoms in total. The Morgan fingerprint density at radius 2 is 2.05 bits per heavy atom. The lowest BCUT2D eigenvalue weighted by Gasteiger charge is -2.34. The molecule has 108 valence electrons. The number of hydrogen-bond acceptors (Lipinski definition) is 4. The van der Waals surface area contributed by atoms with Gasteiger partial charge in [-0.05, 0) is 23.6 Å². The molecule has 0 bridgehead atoms. The number of carboxylic acid groups (broad SMARTS) is 1. The van der Waals surface area contributed by atoms with E-state index >= 15 is 0 Å². The lowest BCUT2D eigenvalue weighted by Crippen LogP contribution is -2.45. The summed E-state index contributed by atoms with van der Waals surface area (Å²) in [6.45, 7) is 1.10. The van der Waals surface area contributed by atoms with Crippen molar-refractivity contribution in [3.8, 4) is 0 Å². The van der Waals surface area contributed by atoms with Crippen LogP contribution in [0.1, 0.15) is 16.7 Å². The maximum absolute atomic E-state index is 11.6. The van der Waals surface area contributed by atoms with Crippen molar-refractivity contribution in [1.29, 1.82) is 0 Å². The second-order valence-corrected chi connectivity index (χ2v) is 5.28. The Kier molecular flexibility index (Phi) is 3.58. The number of hydrogen-bond donors (Lipinski definition) is 2. The topological polar surface area (TPSA) is 79.5 Å². The van der Waals surface area contributed by atoms with Gasteiger partial charge in [0, 0.05) is 24.8 Å². The van der Waals surface area contributed by atoms with Crippen molar-refractivity contribution < 1.29 is 9.90 Å². The van der Waals surface area contributed by atoms with Crippen LogP contribution >= 0.6 is 0 Å². The van der Waals surface area contributed by atoms with Crippen LogP contribution in [0.4, 0.5) is 5.82 Å². The zero-order chi connectivity index (χ0) is 14.8. The van der Waals surface area contributed by atoms with E-state index in [0.717, 1.165) is 11.1 Å². The third-order valence-corrected chi connectivity index (χ3v) is 3.93. The van der Waals surface area contributed by atoms with Crippen LogP contribution in [0, 0.1) is 0 Å². The summed E-state index contributed by atoms with van der Waals surface area (Å²) in [7, 11) is 0. The maximum atomic E-state index is 11.6. The minimum absolute atomic E-state index is 0.459. The van der Waals surface area contributed by atoms with Crippen molar-refractivity contribution in [2.75, 3.05) is 5.73 Å². The third kappa shape index (κ3) is 2.73. The van der Waals surface area contributed by atoms with E-state index in [9.17, 15) is 9.90 Å². The van der Waals surface area contributed by atoms with Gasteiger partial charge in [-0.2, -0.15) is 0 Å². The van der Waals surface area contributed by atoms with Gasteiger partial charge >= 0.3 is 5.97 Å². The summed E-state index contributed by atoms with van der Waals surface area (Å²) >= 11 is 0. The van der Waals surface area contributed by atoms with Gasteiger partial charge in [0.2, 0.25) is 0 Å². The molecule has 0 amide bonds. The van der Waals surface area contributed by atoms with E-state index in [1.165, 1.54) is 5.56 Å². The summed E-state index contributed by atoms with van der Waals surface area (Å²) in [6, 6.07) is 11.2. The molecule has 0 unspecified atom stereocenters. The van der Waals surface area contributed by atoms with E-state index in [0.29, 0.717) is 25.3 Å². The van der Waals surface area contributed by atoms with Gasteiger partial charge < -0.3 is 10.8 Å². The number of rotatable bonds is 3. The fourth-order valence-electron chi connectivity index (χ4n) is 2.79. The summed E-state index contributed by atoms with van der Waals surface area (Å²) in [5.74, 6) is -0.340. The average molecular weight is 283 g/mol. The minimum atomic E-state index is -0.799. The molecule has 1 aliphatic rings. The second kappa shape index (κ2) is 5.54. The van der Waals surface area contributed by atoms with Gasteiger partial charge in [-0.25, -0.2) is 4.98 Å². The van der Waals surface area contributed by atoms with Gasteiger partial charge in [0.15, 0.2) is 0 Å². The number of nitrogens with zero attached hydrogens (tertiary/aromatic N) is 2.